The van der Waals surface area contributed by atoms with Crippen molar-refractivity contribution >= 4 is 5.82 Å². The number of aryl methyl sites for hydroxylation is 1. The molecule has 0 amide bonds. The first kappa shape index (κ1) is 17.5. The smallest absolute Gasteiger partial charge is 0.163 e. The zero-order valence-corrected chi connectivity index (χ0v) is 15.8. The van der Waals surface area contributed by atoms with Gasteiger partial charge in [0.1, 0.15) is 5.82 Å². The van der Waals surface area contributed by atoms with Crippen LogP contribution in [0.15, 0.2) is 42.9 Å². The summed E-state index contributed by atoms with van der Waals surface area (Å²) in [6, 6.07) is 8.17. The maximum Gasteiger partial charge on any atom is 0.163 e. The quantitative estimate of drug-likeness (QED) is 0.755. The molecule has 3 aromatic heterocycles. The summed E-state index contributed by atoms with van der Waals surface area (Å²) >= 11 is 0. The lowest BCUT2D eigenvalue weighted by atomic mass is 10.1. The van der Waals surface area contributed by atoms with Crippen LogP contribution in [0.5, 0.6) is 0 Å². The van der Waals surface area contributed by atoms with E-state index in [0.29, 0.717) is 6.54 Å². The number of rotatable bonds is 5. The van der Waals surface area contributed by atoms with Crippen LogP contribution in [0.2, 0.25) is 0 Å². The highest BCUT2D eigenvalue weighted by Gasteiger charge is 2.21. The minimum Gasteiger partial charge on any atom is -0.353 e. The van der Waals surface area contributed by atoms with Crippen molar-refractivity contribution in [3.63, 3.8) is 0 Å². The largest absolute Gasteiger partial charge is 0.353 e. The molecule has 4 heterocycles. The number of hydrogen-bond acceptors (Lipinski definition) is 6. The Morgan fingerprint density at radius 2 is 2.07 bits per heavy atom. The standard InChI is InChI=1S/C21H24N6/c1-3-15-6-7-17(24-11-15)14-27(2)21-18-8-10-23-13-19(18)25-20(26-21)16-5-4-9-22-12-16/h4-7,9,11-12,23H,3,8,10,13-14H2,1-2H3. The van der Waals surface area contributed by atoms with Gasteiger partial charge in [0.2, 0.25) is 0 Å². The highest BCUT2D eigenvalue weighted by Crippen LogP contribution is 2.27. The van der Waals surface area contributed by atoms with Crippen LogP contribution in [-0.2, 0) is 25.9 Å². The number of fused-ring (bicyclic) bond motifs is 1. The molecule has 1 N–H and O–H groups in total. The fourth-order valence-electron chi connectivity index (χ4n) is 3.36. The molecule has 0 unspecified atom stereocenters. The molecular formula is C21H24N6. The number of pyridine rings is 2. The lowest BCUT2D eigenvalue weighted by Gasteiger charge is -2.26. The Morgan fingerprint density at radius 3 is 2.81 bits per heavy atom. The van der Waals surface area contributed by atoms with Crippen LogP contribution in [0.25, 0.3) is 11.4 Å². The normalized spacial score (nSPS) is 13.3. The Bertz CT molecular complexity index is 908. The molecule has 0 aromatic carbocycles. The van der Waals surface area contributed by atoms with Crippen molar-refractivity contribution in [2.45, 2.75) is 32.9 Å². The molecule has 1 aliphatic rings. The second kappa shape index (κ2) is 7.80. The Balaban J connectivity index is 1.69. The van der Waals surface area contributed by atoms with Crippen LogP contribution >= 0.6 is 0 Å². The van der Waals surface area contributed by atoms with E-state index >= 15 is 0 Å². The molecular weight excluding hydrogens is 336 g/mol. The van der Waals surface area contributed by atoms with E-state index in [0.717, 1.165) is 54.5 Å². The average molecular weight is 360 g/mol. The van der Waals surface area contributed by atoms with Crippen LogP contribution in [0.4, 0.5) is 5.82 Å². The number of anilines is 1. The van der Waals surface area contributed by atoms with Gasteiger partial charge in [0.05, 0.1) is 17.9 Å². The van der Waals surface area contributed by atoms with Gasteiger partial charge < -0.3 is 10.2 Å². The third-order valence-corrected chi connectivity index (χ3v) is 4.89. The Kier molecular flexibility index (Phi) is 5.07. The summed E-state index contributed by atoms with van der Waals surface area (Å²) in [5.41, 5.74) is 5.54. The molecule has 4 rings (SSSR count). The fourth-order valence-corrected chi connectivity index (χ4v) is 3.36. The molecule has 138 valence electrons. The van der Waals surface area contributed by atoms with Gasteiger partial charge in [-0.25, -0.2) is 9.97 Å². The van der Waals surface area contributed by atoms with Crippen LogP contribution in [0.3, 0.4) is 0 Å². The van der Waals surface area contributed by atoms with Crippen molar-refractivity contribution in [1.29, 1.82) is 0 Å². The summed E-state index contributed by atoms with van der Waals surface area (Å²) < 4.78 is 0. The zero-order valence-electron chi connectivity index (χ0n) is 15.8. The van der Waals surface area contributed by atoms with Gasteiger partial charge >= 0.3 is 0 Å². The van der Waals surface area contributed by atoms with Crippen molar-refractivity contribution in [3.05, 3.63) is 65.4 Å². The minimum absolute atomic E-state index is 0.716. The summed E-state index contributed by atoms with van der Waals surface area (Å²) in [6.07, 6.45) is 7.48. The van der Waals surface area contributed by atoms with E-state index in [4.69, 9.17) is 9.97 Å². The molecule has 1 aliphatic heterocycles. The summed E-state index contributed by atoms with van der Waals surface area (Å²) in [7, 11) is 2.08. The molecule has 27 heavy (non-hydrogen) atoms. The van der Waals surface area contributed by atoms with Gasteiger partial charge in [0, 0.05) is 43.3 Å². The van der Waals surface area contributed by atoms with Crippen molar-refractivity contribution in [2.24, 2.45) is 0 Å². The summed E-state index contributed by atoms with van der Waals surface area (Å²) in [4.78, 5) is 20.7. The molecule has 0 fully saturated rings. The van der Waals surface area contributed by atoms with Gasteiger partial charge in [0.15, 0.2) is 5.82 Å². The zero-order chi connectivity index (χ0) is 18.6. The first-order valence-corrected chi connectivity index (χ1v) is 9.40. The fraction of sp³-hybridized carbons (Fsp3) is 0.333. The van der Waals surface area contributed by atoms with E-state index in [1.165, 1.54) is 11.1 Å². The third kappa shape index (κ3) is 3.80. The average Bonchev–Trinajstić information content (AvgIpc) is 2.74. The SMILES string of the molecule is CCc1ccc(CN(C)c2nc(-c3cccnc3)nc3c2CCNC3)nc1. The minimum atomic E-state index is 0.716. The maximum absolute atomic E-state index is 4.91. The lowest BCUT2D eigenvalue weighted by Crippen LogP contribution is -2.29. The van der Waals surface area contributed by atoms with Crippen LogP contribution < -0.4 is 10.2 Å². The van der Waals surface area contributed by atoms with Gasteiger partial charge in [-0.05, 0) is 43.1 Å². The van der Waals surface area contributed by atoms with E-state index in [-0.39, 0.29) is 0 Å². The summed E-state index contributed by atoms with van der Waals surface area (Å²) in [5.74, 6) is 1.71. The van der Waals surface area contributed by atoms with Gasteiger partial charge in [-0.1, -0.05) is 13.0 Å². The molecule has 0 aliphatic carbocycles. The van der Waals surface area contributed by atoms with Crippen molar-refractivity contribution < 1.29 is 0 Å². The highest BCUT2D eigenvalue weighted by atomic mass is 15.2. The van der Waals surface area contributed by atoms with Crippen LogP contribution in [-0.4, -0.2) is 33.5 Å². The van der Waals surface area contributed by atoms with Gasteiger partial charge in [-0.15, -0.1) is 0 Å². The van der Waals surface area contributed by atoms with E-state index in [2.05, 4.69) is 46.3 Å². The van der Waals surface area contributed by atoms with Crippen molar-refractivity contribution in [3.8, 4) is 11.4 Å². The maximum atomic E-state index is 4.91. The molecule has 0 spiro atoms. The van der Waals surface area contributed by atoms with Crippen molar-refractivity contribution in [2.75, 3.05) is 18.5 Å². The Hall–Kier alpha value is -2.86. The van der Waals surface area contributed by atoms with Gasteiger partial charge in [-0.3, -0.25) is 9.97 Å². The molecule has 0 saturated heterocycles. The number of aromatic nitrogens is 4. The lowest BCUT2D eigenvalue weighted by molar-refractivity contribution is 0.621. The summed E-state index contributed by atoms with van der Waals surface area (Å²) in [6.45, 7) is 4.58. The van der Waals surface area contributed by atoms with Crippen molar-refractivity contribution in [1.82, 2.24) is 25.3 Å². The third-order valence-electron chi connectivity index (χ3n) is 4.89. The van der Waals surface area contributed by atoms with Gasteiger partial charge in [-0.2, -0.15) is 0 Å². The molecule has 0 atom stereocenters. The monoisotopic (exact) mass is 360 g/mol. The topological polar surface area (TPSA) is 66.8 Å². The van der Waals surface area contributed by atoms with Crippen LogP contribution in [0, 0.1) is 0 Å². The predicted octanol–water partition coefficient (Wildman–Crippen LogP) is 2.78. The van der Waals surface area contributed by atoms with E-state index in [1.54, 1.807) is 6.20 Å². The molecule has 0 radical (unpaired) electrons. The molecule has 6 nitrogen and oxygen atoms in total. The van der Waals surface area contributed by atoms with Crippen LogP contribution in [0.1, 0.15) is 29.4 Å². The van der Waals surface area contributed by atoms with Gasteiger partial charge in [0.25, 0.3) is 0 Å². The second-order valence-corrected chi connectivity index (χ2v) is 6.83. The molecule has 3 aromatic rings. The highest BCUT2D eigenvalue weighted by molar-refractivity contribution is 5.60. The Morgan fingerprint density at radius 1 is 1.15 bits per heavy atom. The first-order valence-electron chi connectivity index (χ1n) is 9.40. The number of nitrogens with zero attached hydrogens (tertiary/aromatic N) is 5. The van der Waals surface area contributed by atoms with E-state index in [9.17, 15) is 0 Å². The second-order valence-electron chi connectivity index (χ2n) is 6.83. The van der Waals surface area contributed by atoms with E-state index < -0.39 is 0 Å². The predicted molar refractivity (Wildman–Crippen MR) is 106 cm³/mol. The Labute approximate surface area is 159 Å². The van der Waals surface area contributed by atoms with E-state index in [1.807, 2.05) is 24.5 Å². The molecule has 6 heteroatoms. The molecule has 0 bridgehead atoms. The summed E-state index contributed by atoms with van der Waals surface area (Å²) in [5, 5.41) is 3.41. The first-order chi connectivity index (χ1) is 13.2. The molecule has 0 saturated carbocycles. The number of hydrogen-bond donors (Lipinski definition) is 1. The number of nitrogens with one attached hydrogen (secondary N) is 1.